The molecule has 1 N–H and O–H groups in total. The van der Waals surface area contributed by atoms with Crippen LogP contribution in [0.3, 0.4) is 0 Å². The van der Waals surface area contributed by atoms with Crippen molar-refractivity contribution >= 4 is 11.3 Å². The van der Waals surface area contributed by atoms with Gasteiger partial charge in [0.1, 0.15) is 0 Å². The number of thiophene rings is 1. The highest BCUT2D eigenvalue weighted by Gasteiger charge is 2.23. The van der Waals surface area contributed by atoms with Crippen LogP contribution in [0.5, 0.6) is 0 Å². The Bertz CT molecular complexity index is 353. The Morgan fingerprint density at radius 1 is 1.37 bits per heavy atom. The van der Waals surface area contributed by atoms with Crippen molar-refractivity contribution in [3.05, 3.63) is 22.4 Å². The summed E-state index contributed by atoms with van der Waals surface area (Å²) in [6, 6.07) is 5.15. The monoisotopic (exact) mass is 280 g/mol. The highest BCUT2D eigenvalue weighted by molar-refractivity contribution is 7.09. The Hall–Kier alpha value is -0.380. The molecule has 0 aromatic carbocycles. The second kappa shape index (κ2) is 6.87. The quantitative estimate of drug-likeness (QED) is 0.887. The van der Waals surface area contributed by atoms with E-state index in [-0.39, 0.29) is 5.54 Å². The van der Waals surface area contributed by atoms with Crippen molar-refractivity contribution in [2.24, 2.45) is 0 Å². The molecule has 1 atom stereocenters. The number of piperidine rings is 1. The number of nitrogens with zero attached hydrogens (tertiary/aromatic N) is 1. The van der Waals surface area contributed by atoms with Gasteiger partial charge in [-0.15, -0.1) is 11.3 Å². The maximum atomic E-state index is 3.68. The normalized spacial score (nSPS) is 21.7. The topological polar surface area (TPSA) is 15.3 Å². The fourth-order valence-electron chi connectivity index (χ4n) is 2.72. The summed E-state index contributed by atoms with van der Waals surface area (Å²) in [6.45, 7) is 10.4. The fourth-order valence-corrected chi connectivity index (χ4v) is 3.42. The summed E-state index contributed by atoms with van der Waals surface area (Å²) in [5.41, 5.74) is 0.233. The van der Waals surface area contributed by atoms with Crippen molar-refractivity contribution in [2.75, 3.05) is 19.6 Å². The maximum absolute atomic E-state index is 3.68. The van der Waals surface area contributed by atoms with Crippen molar-refractivity contribution in [3.8, 4) is 0 Å². The first kappa shape index (κ1) is 15.0. The lowest BCUT2D eigenvalue weighted by atomic mass is 10.00. The Labute approximate surface area is 122 Å². The molecule has 2 rings (SSSR count). The molecule has 0 bridgehead atoms. The van der Waals surface area contributed by atoms with Crippen LogP contribution in [-0.4, -0.2) is 36.1 Å². The van der Waals surface area contributed by atoms with Crippen LogP contribution in [0, 0.1) is 0 Å². The summed E-state index contributed by atoms with van der Waals surface area (Å²) in [5.74, 6) is 0. The van der Waals surface area contributed by atoms with Crippen LogP contribution in [0.2, 0.25) is 0 Å². The summed E-state index contributed by atoms with van der Waals surface area (Å²) in [6.07, 6.45) is 5.33. The van der Waals surface area contributed by atoms with Gasteiger partial charge in [-0.3, -0.25) is 4.90 Å². The maximum Gasteiger partial charge on any atom is 0.0220 e. The minimum atomic E-state index is 0.233. The minimum Gasteiger partial charge on any atom is -0.311 e. The van der Waals surface area contributed by atoms with Crippen LogP contribution in [0.15, 0.2) is 17.5 Å². The molecule has 1 aromatic heterocycles. The molecule has 2 heterocycles. The van der Waals surface area contributed by atoms with E-state index < -0.39 is 0 Å². The molecule has 0 aliphatic carbocycles. The predicted molar refractivity (Wildman–Crippen MR) is 85.0 cm³/mol. The lowest BCUT2D eigenvalue weighted by Crippen LogP contribution is -2.50. The third-order valence-electron chi connectivity index (χ3n) is 3.84. The van der Waals surface area contributed by atoms with Crippen molar-refractivity contribution in [2.45, 2.75) is 58.0 Å². The molecule has 1 unspecified atom stereocenters. The van der Waals surface area contributed by atoms with E-state index in [2.05, 4.69) is 48.5 Å². The largest absolute Gasteiger partial charge is 0.311 e. The Morgan fingerprint density at radius 3 is 2.89 bits per heavy atom. The van der Waals surface area contributed by atoms with Crippen molar-refractivity contribution in [1.29, 1.82) is 0 Å². The van der Waals surface area contributed by atoms with E-state index in [1.54, 1.807) is 0 Å². The molecule has 1 saturated heterocycles. The van der Waals surface area contributed by atoms with Crippen LogP contribution in [0.4, 0.5) is 0 Å². The summed E-state index contributed by atoms with van der Waals surface area (Å²) in [7, 11) is 0. The summed E-state index contributed by atoms with van der Waals surface area (Å²) >= 11 is 1.89. The molecule has 2 nitrogen and oxygen atoms in total. The zero-order valence-corrected chi connectivity index (χ0v) is 13.4. The Morgan fingerprint density at radius 2 is 2.21 bits per heavy atom. The molecule has 0 radical (unpaired) electrons. The van der Waals surface area contributed by atoms with Gasteiger partial charge in [0.2, 0.25) is 0 Å². The molecule has 3 heteroatoms. The summed E-state index contributed by atoms with van der Waals surface area (Å²) in [5, 5.41) is 5.86. The highest BCUT2D eigenvalue weighted by Crippen LogP contribution is 2.19. The molecular weight excluding hydrogens is 252 g/mol. The second-order valence-corrected chi connectivity index (χ2v) is 7.68. The van der Waals surface area contributed by atoms with Gasteiger partial charge < -0.3 is 5.32 Å². The van der Waals surface area contributed by atoms with Crippen LogP contribution in [0.25, 0.3) is 0 Å². The Kier molecular flexibility index (Phi) is 5.43. The molecule has 108 valence electrons. The van der Waals surface area contributed by atoms with Crippen molar-refractivity contribution in [1.82, 2.24) is 10.2 Å². The van der Waals surface area contributed by atoms with Gasteiger partial charge >= 0.3 is 0 Å². The number of rotatable bonds is 5. The van der Waals surface area contributed by atoms with E-state index in [1.807, 2.05) is 11.3 Å². The van der Waals surface area contributed by atoms with Gasteiger partial charge in [0, 0.05) is 29.5 Å². The molecule has 0 amide bonds. The second-order valence-electron chi connectivity index (χ2n) is 6.65. The molecule has 1 aliphatic rings. The molecule has 0 saturated carbocycles. The molecule has 1 aromatic rings. The summed E-state index contributed by atoms with van der Waals surface area (Å²) < 4.78 is 0. The third kappa shape index (κ3) is 5.25. The third-order valence-corrected chi connectivity index (χ3v) is 4.78. The van der Waals surface area contributed by atoms with Gasteiger partial charge in [-0.25, -0.2) is 0 Å². The van der Waals surface area contributed by atoms with Crippen LogP contribution in [-0.2, 0) is 6.42 Å². The van der Waals surface area contributed by atoms with Crippen molar-refractivity contribution in [3.63, 3.8) is 0 Å². The molecule has 1 fully saturated rings. The lowest BCUT2D eigenvalue weighted by molar-refractivity contribution is 0.140. The van der Waals surface area contributed by atoms with Crippen LogP contribution < -0.4 is 5.32 Å². The standard InChI is InChI=1S/C16H28N2S/c1-16(2,3)17-13-14-7-4-5-10-18(14)11-9-15-8-6-12-19-15/h6,8,12,14,17H,4-5,7,9-11,13H2,1-3H3. The van der Waals surface area contributed by atoms with Gasteiger partial charge in [-0.2, -0.15) is 0 Å². The number of hydrogen-bond acceptors (Lipinski definition) is 3. The first-order chi connectivity index (χ1) is 9.04. The zero-order valence-electron chi connectivity index (χ0n) is 12.6. The van der Waals surface area contributed by atoms with Gasteiger partial charge in [-0.1, -0.05) is 12.5 Å². The van der Waals surface area contributed by atoms with Crippen molar-refractivity contribution < 1.29 is 0 Å². The molecular formula is C16H28N2S. The van der Waals surface area contributed by atoms with Gasteiger partial charge in [-0.05, 0) is 58.0 Å². The van der Waals surface area contributed by atoms with Crippen LogP contribution >= 0.6 is 11.3 Å². The number of nitrogens with one attached hydrogen (secondary N) is 1. The zero-order chi connectivity index (χ0) is 13.7. The fraction of sp³-hybridized carbons (Fsp3) is 0.750. The molecule has 19 heavy (non-hydrogen) atoms. The van der Waals surface area contributed by atoms with E-state index in [9.17, 15) is 0 Å². The highest BCUT2D eigenvalue weighted by atomic mass is 32.1. The SMILES string of the molecule is CC(C)(C)NCC1CCCCN1CCc1cccs1. The van der Waals surface area contributed by atoms with E-state index in [0.717, 1.165) is 12.6 Å². The Balaban J connectivity index is 1.81. The average Bonchev–Trinajstić information content (AvgIpc) is 2.87. The smallest absolute Gasteiger partial charge is 0.0220 e. The summed E-state index contributed by atoms with van der Waals surface area (Å²) in [4.78, 5) is 4.22. The lowest BCUT2D eigenvalue weighted by Gasteiger charge is -2.37. The van der Waals surface area contributed by atoms with E-state index in [4.69, 9.17) is 0 Å². The molecule has 0 spiro atoms. The first-order valence-corrected chi connectivity index (χ1v) is 8.44. The average molecular weight is 280 g/mol. The van der Waals surface area contributed by atoms with Gasteiger partial charge in [0.05, 0.1) is 0 Å². The van der Waals surface area contributed by atoms with E-state index in [1.165, 1.54) is 43.6 Å². The van der Waals surface area contributed by atoms with Crippen LogP contribution in [0.1, 0.15) is 44.9 Å². The number of hydrogen-bond donors (Lipinski definition) is 1. The number of likely N-dealkylation sites (tertiary alicyclic amines) is 1. The van der Waals surface area contributed by atoms with Gasteiger partial charge in [0.15, 0.2) is 0 Å². The minimum absolute atomic E-state index is 0.233. The predicted octanol–water partition coefficient (Wildman–Crippen LogP) is 3.53. The van der Waals surface area contributed by atoms with E-state index >= 15 is 0 Å². The molecule has 1 aliphatic heterocycles. The van der Waals surface area contributed by atoms with E-state index in [0.29, 0.717) is 0 Å². The van der Waals surface area contributed by atoms with Gasteiger partial charge in [0.25, 0.3) is 0 Å². The first-order valence-electron chi connectivity index (χ1n) is 7.56.